The summed E-state index contributed by atoms with van der Waals surface area (Å²) in [5.74, 6) is 0. The minimum Gasteiger partial charge on any atom is -0.445 e. The standard InChI is InChI=1S/C44H56N6O8S2/c1-37-13-17-41(18-14-37)59(53,54)49-31-25-45(23-27-47(29-33-49)43(51)57-35-39-9-5-3-6-10-39)21-22-46-24-28-48(44(52)58-36-40-11-7-4-8-12-40)30-34-50(32-26-46)60(55,56)42-19-15-38(2)16-20-42/h3-20H,21-36H2,1-2H3. The Hall–Kier alpha value is -4.84. The van der Waals surface area contributed by atoms with Crippen molar-refractivity contribution in [2.24, 2.45) is 0 Å². The number of benzene rings is 4. The molecule has 2 heterocycles. The van der Waals surface area contributed by atoms with Crippen molar-refractivity contribution < 1.29 is 35.9 Å². The third-order valence-corrected chi connectivity index (χ3v) is 14.7. The summed E-state index contributed by atoms with van der Waals surface area (Å²) in [7, 11) is -7.77. The first-order valence-electron chi connectivity index (χ1n) is 20.4. The summed E-state index contributed by atoms with van der Waals surface area (Å²) in [4.78, 5) is 34.7. The molecule has 0 spiro atoms. The average Bonchev–Trinajstić information content (AvgIpc) is 3.44. The molecule has 2 amide bonds. The molecule has 0 aromatic heterocycles. The molecule has 0 radical (unpaired) electrons. The van der Waals surface area contributed by atoms with E-state index in [0.29, 0.717) is 52.4 Å². The predicted molar refractivity (Wildman–Crippen MR) is 229 cm³/mol. The van der Waals surface area contributed by atoms with Gasteiger partial charge in [-0.3, -0.25) is 9.80 Å². The Bertz CT molecular complexity index is 2060. The summed E-state index contributed by atoms with van der Waals surface area (Å²) < 4.78 is 70.2. The molecule has 14 nitrogen and oxygen atoms in total. The van der Waals surface area contributed by atoms with E-state index in [-0.39, 0.29) is 62.3 Å². The molecule has 2 aliphatic rings. The van der Waals surface area contributed by atoms with E-state index in [1.54, 1.807) is 58.3 Å². The van der Waals surface area contributed by atoms with Gasteiger partial charge in [-0.2, -0.15) is 8.61 Å². The number of hydrogen-bond donors (Lipinski definition) is 0. The Morgan fingerprint density at radius 3 is 1.13 bits per heavy atom. The van der Waals surface area contributed by atoms with Crippen LogP contribution < -0.4 is 0 Å². The van der Waals surface area contributed by atoms with Gasteiger partial charge < -0.3 is 19.3 Å². The Morgan fingerprint density at radius 2 is 0.767 bits per heavy atom. The van der Waals surface area contributed by atoms with Crippen LogP contribution in [0.1, 0.15) is 22.3 Å². The van der Waals surface area contributed by atoms with Crippen LogP contribution in [0, 0.1) is 13.8 Å². The minimum absolute atomic E-state index is 0.0910. The van der Waals surface area contributed by atoms with Gasteiger partial charge in [0.05, 0.1) is 9.79 Å². The van der Waals surface area contributed by atoms with E-state index in [9.17, 15) is 26.4 Å². The molecule has 4 aromatic carbocycles. The molecule has 0 saturated carbocycles. The molecule has 2 aliphatic heterocycles. The topological polar surface area (TPSA) is 140 Å². The quantitative estimate of drug-likeness (QED) is 0.205. The number of nitrogens with zero attached hydrogens (tertiary/aromatic N) is 6. The van der Waals surface area contributed by atoms with E-state index in [4.69, 9.17) is 9.47 Å². The van der Waals surface area contributed by atoms with Crippen molar-refractivity contribution in [1.82, 2.24) is 28.2 Å². The molecule has 4 aromatic rings. The molecule has 0 unspecified atom stereocenters. The van der Waals surface area contributed by atoms with E-state index < -0.39 is 32.2 Å². The highest BCUT2D eigenvalue weighted by atomic mass is 32.2. The fourth-order valence-electron chi connectivity index (χ4n) is 7.08. The van der Waals surface area contributed by atoms with Gasteiger partial charge in [-0.25, -0.2) is 26.4 Å². The number of aryl methyl sites for hydroxylation is 2. The maximum atomic E-state index is 14.0. The fraction of sp³-hybridized carbons (Fsp3) is 0.409. The number of ether oxygens (including phenoxy) is 2. The summed E-state index contributed by atoms with van der Waals surface area (Å²) >= 11 is 0. The number of carbonyl (C=O) groups is 2. The highest BCUT2D eigenvalue weighted by molar-refractivity contribution is 7.89. The molecule has 2 fully saturated rings. The lowest BCUT2D eigenvalue weighted by atomic mass is 10.2. The van der Waals surface area contributed by atoms with Gasteiger partial charge in [0, 0.05) is 91.6 Å². The summed E-state index contributed by atoms with van der Waals surface area (Å²) in [5, 5.41) is 0. The second-order valence-corrected chi connectivity index (χ2v) is 19.0. The van der Waals surface area contributed by atoms with Crippen molar-refractivity contribution in [2.45, 2.75) is 36.9 Å². The molecule has 16 heteroatoms. The maximum Gasteiger partial charge on any atom is 0.410 e. The first-order valence-corrected chi connectivity index (χ1v) is 23.3. The van der Waals surface area contributed by atoms with Gasteiger partial charge in [-0.05, 0) is 49.2 Å². The van der Waals surface area contributed by atoms with Crippen molar-refractivity contribution >= 4 is 32.2 Å². The van der Waals surface area contributed by atoms with E-state index in [1.165, 1.54) is 8.61 Å². The zero-order valence-corrected chi connectivity index (χ0v) is 36.1. The largest absolute Gasteiger partial charge is 0.445 e. The molecule has 6 rings (SSSR count). The van der Waals surface area contributed by atoms with Crippen LogP contribution in [0.3, 0.4) is 0 Å². The van der Waals surface area contributed by atoms with Gasteiger partial charge >= 0.3 is 12.2 Å². The monoisotopic (exact) mass is 860 g/mol. The van der Waals surface area contributed by atoms with Crippen molar-refractivity contribution in [1.29, 1.82) is 0 Å². The Labute approximate surface area is 355 Å². The van der Waals surface area contributed by atoms with Crippen LogP contribution in [0.5, 0.6) is 0 Å². The van der Waals surface area contributed by atoms with Crippen molar-refractivity contribution in [3.05, 3.63) is 131 Å². The van der Waals surface area contributed by atoms with Crippen LogP contribution in [0.4, 0.5) is 9.59 Å². The smallest absolute Gasteiger partial charge is 0.410 e. The third kappa shape index (κ3) is 12.4. The zero-order chi connectivity index (χ0) is 42.5. The minimum atomic E-state index is -3.89. The molecular weight excluding hydrogens is 805 g/mol. The van der Waals surface area contributed by atoms with Crippen molar-refractivity contribution in [3.63, 3.8) is 0 Å². The molecule has 60 heavy (non-hydrogen) atoms. The van der Waals surface area contributed by atoms with Crippen molar-refractivity contribution in [2.75, 3.05) is 91.6 Å². The summed E-state index contributed by atoms with van der Waals surface area (Å²) in [5.41, 5.74) is 3.58. The first-order chi connectivity index (χ1) is 28.9. The summed E-state index contributed by atoms with van der Waals surface area (Å²) in [6.07, 6.45) is -1.05. The van der Waals surface area contributed by atoms with Crippen LogP contribution in [0.25, 0.3) is 0 Å². The molecule has 322 valence electrons. The lowest BCUT2D eigenvalue weighted by Crippen LogP contribution is -2.45. The Balaban J connectivity index is 1.18. The molecular formula is C44H56N6O8S2. The van der Waals surface area contributed by atoms with E-state index >= 15 is 0 Å². The highest BCUT2D eigenvalue weighted by Crippen LogP contribution is 2.20. The molecule has 0 aliphatic carbocycles. The number of carbonyl (C=O) groups excluding carboxylic acids is 2. The van der Waals surface area contributed by atoms with E-state index in [0.717, 1.165) is 22.3 Å². The normalized spacial score (nSPS) is 17.4. The first kappa shape index (κ1) is 44.7. The van der Waals surface area contributed by atoms with Gasteiger partial charge in [0.2, 0.25) is 20.0 Å². The van der Waals surface area contributed by atoms with Gasteiger partial charge in [-0.1, -0.05) is 96.1 Å². The van der Waals surface area contributed by atoms with Crippen LogP contribution in [-0.4, -0.2) is 149 Å². The lowest BCUT2D eigenvalue weighted by Gasteiger charge is -2.30. The second kappa shape index (κ2) is 21.1. The number of rotatable bonds is 11. The highest BCUT2D eigenvalue weighted by Gasteiger charge is 2.31. The average molecular weight is 861 g/mol. The van der Waals surface area contributed by atoms with Gasteiger partial charge in [-0.15, -0.1) is 0 Å². The maximum absolute atomic E-state index is 14.0. The lowest BCUT2D eigenvalue weighted by molar-refractivity contribution is 0.0894. The number of amides is 2. The molecule has 0 bridgehead atoms. The molecule has 0 N–H and O–H groups in total. The summed E-state index contributed by atoms with van der Waals surface area (Å²) in [6, 6.07) is 32.3. The third-order valence-electron chi connectivity index (χ3n) is 10.9. The Kier molecular flexibility index (Phi) is 15.7. The predicted octanol–water partition coefficient (Wildman–Crippen LogP) is 4.89. The number of sulfonamides is 2. The molecule has 2 saturated heterocycles. The van der Waals surface area contributed by atoms with Gasteiger partial charge in [0.25, 0.3) is 0 Å². The van der Waals surface area contributed by atoms with Crippen molar-refractivity contribution in [3.8, 4) is 0 Å². The van der Waals surface area contributed by atoms with E-state index in [1.807, 2.05) is 74.5 Å². The van der Waals surface area contributed by atoms with Crippen LogP contribution in [0.15, 0.2) is 119 Å². The molecule has 0 atom stereocenters. The van der Waals surface area contributed by atoms with Crippen LogP contribution in [0.2, 0.25) is 0 Å². The van der Waals surface area contributed by atoms with Crippen LogP contribution >= 0.6 is 0 Å². The Morgan fingerprint density at radius 1 is 0.450 bits per heavy atom. The van der Waals surface area contributed by atoms with Crippen LogP contribution in [-0.2, 0) is 42.7 Å². The van der Waals surface area contributed by atoms with E-state index in [2.05, 4.69) is 9.80 Å². The second-order valence-electron chi connectivity index (χ2n) is 15.2. The van der Waals surface area contributed by atoms with Gasteiger partial charge in [0.1, 0.15) is 13.2 Å². The SMILES string of the molecule is Cc1ccc(S(=O)(=O)N2CCN(CCN3CCN(C(=O)OCc4ccccc4)CCN(S(=O)(=O)c4ccc(C)cc4)CC3)CCN(C(=O)OCc3ccccc3)CC2)cc1. The van der Waals surface area contributed by atoms with Gasteiger partial charge in [0.15, 0.2) is 0 Å². The summed E-state index contributed by atoms with van der Waals surface area (Å²) in [6.45, 7) is 8.21. The zero-order valence-electron chi connectivity index (χ0n) is 34.5. The number of hydrogen-bond acceptors (Lipinski definition) is 10. The fourth-order valence-corrected chi connectivity index (χ4v) is 9.93.